The third-order valence-corrected chi connectivity index (χ3v) is 8.05. The Hall–Kier alpha value is -1.76. The summed E-state index contributed by atoms with van der Waals surface area (Å²) in [5.74, 6) is 5.40. The topological polar surface area (TPSA) is 9.23 Å². The first kappa shape index (κ1) is 21.5. The lowest BCUT2D eigenvalue weighted by atomic mass is 9.67. The number of hydrogen-bond acceptors (Lipinski definition) is 1. The van der Waals surface area contributed by atoms with E-state index in [9.17, 15) is 0 Å². The van der Waals surface area contributed by atoms with Crippen molar-refractivity contribution in [2.45, 2.75) is 83.5 Å². The molecule has 2 aromatic carbocycles. The highest BCUT2D eigenvalue weighted by Gasteiger charge is 2.31. The van der Waals surface area contributed by atoms with Gasteiger partial charge in [-0.25, -0.2) is 0 Å². The van der Waals surface area contributed by atoms with Gasteiger partial charge in [-0.1, -0.05) is 62.2 Å². The predicted octanol–water partition coefficient (Wildman–Crippen LogP) is 8.36. The van der Waals surface area contributed by atoms with Crippen molar-refractivity contribution in [1.29, 1.82) is 0 Å². The predicted molar refractivity (Wildman–Crippen MR) is 127 cm³/mol. The molecule has 0 unspecified atom stereocenters. The van der Waals surface area contributed by atoms with Gasteiger partial charge in [-0.15, -0.1) is 0 Å². The van der Waals surface area contributed by atoms with Gasteiger partial charge in [0, 0.05) is 0 Å². The van der Waals surface area contributed by atoms with Crippen LogP contribution in [0, 0.1) is 17.8 Å². The molecule has 0 saturated heterocycles. The molecule has 0 heterocycles. The SMILES string of the molecule is CCOc1ccc(C2CCC(C3CCC(C[C@@H](C)c4ccccc4)CC3)CC2)cc1. The molecule has 4 rings (SSSR count). The van der Waals surface area contributed by atoms with E-state index in [0.29, 0.717) is 5.92 Å². The van der Waals surface area contributed by atoms with Crippen LogP contribution in [0.5, 0.6) is 5.75 Å². The number of hydrogen-bond donors (Lipinski definition) is 0. The molecular weight excluding hydrogens is 364 g/mol. The Labute approximate surface area is 184 Å². The Morgan fingerprint density at radius 3 is 1.97 bits per heavy atom. The van der Waals surface area contributed by atoms with Crippen LogP contribution in [0.1, 0.15) is 94.6 Å². The number of rotatable bonds is 7. The average Bonchev–Trinajstić information content (AvgIpc) is 2.81. The minimum Gasteiger partial charge on any atom is -0.494 e. The number of benzene rings is 2. The summed E-state index contributed by atoms with van der Waals surface area (Å²) in [5.41, 5.74) is 3.04. The van der Waals surface area contributed by atoms with E-state index in [1.165, 1.54) is 68.9 Å². The zero-order chi connectivity index (χ0) is 20.8. The van der Waals surface area contributed by atoms with Gasteiger partial charge in [0.1, 0.15) is 5.75 Å². The monoisotopic (exact) mass is 404 g/mol. The molecule has 0 bridgehead atoms. The Morgan fingerprint density at radius 1 is 0.767 bits per heavy atom. The van der Waals surface area contributed by atoms with E-state index in [-0.39, 0.29) is 0 Å². The first-order valence-electron chi connectivity index (χ1n) is 12.5. The van der Waals surface area contributed by atoms with Crippen molar-refractivity contribution < 1.29 is 4.74 Å². The molecule has 2 saturated carbocycles. The zero-order valence-corrected chi connectivity index (χ0v) is 19.1. The van der Waals surface area contributed by atoms with E-state index in [0.717, 1.165) is 36.0 Å². The van der Waals surface area contributed by atoms with Crippen molar-refractivity contribution in [1.82, 2.24) is 0 Å². The quantitative estimate of drug-likeness (QED) is 0.450. The van der Waals surface area contributed by atoms with Crippen LogP contribution in [0.15, 0.2) is 54.6 Å². The summed E-state index contributed by atoms with van der Waals surface area (Å²) in [6.07, 6.45) is 12.9. The highest BCUT2D eigenvalue weighted by Crippen LogP contribution is 2.45. The average molecular weight is 405 g/mol. The smallest absolute Gasteiger partial charge is 0.119 e. The van der Waals surface area contributed by atoms with Crippen LogP contribution in [0.2, 0.25) is 0 Å². The molecule has 0 aromatic heterocycles. The van der Waals surface area contributed by atoms with Gasteiger partial charge in [0.25, 0.3) is 0 Å². The van der Waals surface area contributed by atoms with Gasteiger partial charge in [0.15, 0.2) is 0 Å². The summed E-state index contributed by atoms with van der Waals surface area (Å²) in [4.78, 5) is 0. The highest BCUT2D eigenvalue weighted by molar-refractivity contribution is 5.29. The fourth-order valence-electron chi connectivity index (χ4n) is 6.24. The Balaban J connectivity index is 1.21. The summed E-state index contributed by atoms with van der Waals surface area (Å²) in [6.45, 7) is 5.22. The van der Waals surface area contributed by atoms with Crippen molar-refractivity contribution in [3.05, 3.63) is 65.7 Å². The maximum atomic E-state index is 5.60. The molecular formula is C29H40O. The summed E-state index contributed by atoms with van der Waals surface area (Å²) in [7, 11) is 0. The lowest BCUT2D eigenvalue weighted by molar-refractivity contribution is 0.154. The van der Waals surface area contributed by atoms with Crippen molar-refractivity contribution in [2.24, 2.45) is 17.8 Å². The van der Waals surface area contributed by atoms with Crippen LogP contribution >= 0.6 is 0 Å². The van der Waals surface area contributed by atoms with E-state index >= 15 is 0 Å². The standard InChI is InChI=1S/C29H40O/c1-3-30-29-19-17-28(18-20-29)27-15-13-26(14-16-27)25-11-9-23(10-12-25)21-22(2)24-7-5-4-6-8-24/h4-8,17-20,22-23,25-27H,3,9-16,21H2,1-2H3/t22-,23?,25?,26?,27?/m1/s1. The largest absolute Gasteiger partial charge is 0.494 e. The third kappa shape index (κ3) is 5.48. The van der Waals surface area contributed by atoms with Crippen LogP contribution in [0.4, 0.5) is 0 Å². The lowest BCUT2D eigenvalue weighted by Gasteiger charge is -2.38. The van der Waals surface area contributed by atoms with E-state index in [1.54, 1.807) is 0 Å². The zero-order valence-electron chi connectivity index (χ0n) is 19.1. The minimum atomic E-state index is 0.706. The fourth-order valence-corrected chi connectivity index (χ4v) is 6.24. The molecule has 0 amide bonds. The second kappa shape index (κ2) is 10.5. The summed E-state index contributed by atoms with van der Waals surface area (Å²) in [6, 6.07) is 20.0. The summed E-state index contributed by atoms with van der Waals surface area (Å²) >= 11 is 0. The van der Waals surface area contributed by atoms with Crippen LogP contribution in [-0.2, 0) is 0 Å². The van der Waals surface area contributed by atoms with Crippen molar-refractivity contribution >= 4 is 0 Å². The second-order valence-electron chi connectivity index (χ2n) is 9.94. The van der Waals surface area contributed by atoms with Crippen LogP contribution in [0.3, 0.4) is 0 Å². The molecule has 2 aromatic rings. The molecule has 1 nitrogen and oxygen atoms in total. The molecule has 30 heavy (non-hydrogen) atoms. The van der Waals surface area contributed by atoms with Gasteiger partial charge in [-0.3, -0.25) is 0 Å². The van der Waals surface area contributed by atoms with Gasteiger partial charge in [-0.05, 0) is 105 Å². The van der Waals surface area contributed by atoms with Crippen molar-refractivity contribution in [3.8, 4) is 5.75 Å². The van der Waals surface area contributed by atoms with Gasteiger partial charge in [-0.2, -0.15) is 0 Å². The van der Waals surface area contributed by atoms with Gasteiger partial charge in [0.2, 0.25) is 0 Å². The Kier molecular flexibility index (Phi) is 7.52. The molecule has 0 spiro atoms. The molecule has 0 radical (unpaired) electrons. The second-order valence-corrected chi connectivity index (χ2v) is 9.94. The van der Waals surface area contributed by atoms with Gasteiger partial charge < -0.3 is 4.74 Å². The number of ether oxygens (including phenoxy) is 1. The van der Waals surface area contributed by atoms with Crippen LogP contribution < -0.4 is 4.74 Å². The molecule has 1 atom stereocenters. The van der Waals surface area contributed by atoms with Crippen molar-refractivity contribution in [3.63, 3.8) is 0 Å². The maximum Gasteiger partial charge on any atom is 0.119 e. The normalized spacial score (nSPS) is 28.1. The van der Waals surface area contributed by atoms with Gasteiger partial charge in [0.05, 0.1) is 6.61 Å². The molecule has 2 fully saturated rings. The molecule has 0 N–H and O–H groups in total. The summed E-state index contributed by atoms with van der Waals surface area (Å²) < 4.78 is 5.60. The van der Waals surface area contributed by atoms with E-state index in [1.807, 2.05) is 6.92 Å². The molecule has 2 aliphatic rings. The van der Waals surface area contributed by atoms with Crippen LogP contribution in [0.25, 0.3) is 0 Å². The fraction of sp³-hybridized carbons (Fsp3) is 0.586. The molecule has 0 aliphatic heterocycles. The summed E-state index contributed by atoms with van der Waals surface area (Å²) in [5, 5.41) is 0. The third-order valence-electron chi connectivity index (χ3n) is 8.05. The van der Waals surface area contributed by atoms with Crippen molar-refractivity contribution in [2.75, 3.05) is 6.61 Å². The van der Waals surface area contributed by atoms with E-state index in [2.05, 4.69) is 61.5 Å². The van der Waals surface area contributed by atoms with Crippen LogP contribution in [-0.4, -0.2) is 6.61 Å². The molecule has 2 aliphatic carbocycles. The first-order chi connectivity index (χ1) is 14.7. The Morgan fingerprint density at radius 2 is 1.37 bits per heavy atom. The first-order valence-corrected chi connectivity index (χ1v) is 12.5. The van der Waals surface area contributed by atoms with Gasteiger partial charge >= 0.3 is 0 Å². The lowest BCUT2D eigenvalue weighted by Crippen LogP contribution is -2.25. The van der Waals surface area contributed by atoms with E-state index < -0.39 is 0 Å². The molecule has 1 heteroatoms. The maximum absolute atomic E-state index is 5.60. The minimum absolute atomic E-state index is 0.706. The highest BCUT2D eigenvalue weighted by atomic mass is 16.5. The van der Waals surface area contributed by atoms with E-state index in [4.69, 9.17) is 4.74 Å². The Bertz CT molecular complexity index is 734. The molecule has 162 valence electrons.